The first-order chi connectivity index (χ1) is 9.76. The molecule has 0 aliphatic carbocycles. The van der Waals surface area contributed by atoms with Gasteiger partial charge < -0.3 is 15.0 Å². The van der Waals surface area contributed by atoms with Crippen LogP contribution in [0.4, 0.5) is 0 Å². The third-order valence-electron chi connectivity index (χ3n) is 4.55. The zero-order chi connectivity index (χ0) is 13.9. The number of hydrogen-bond acceptors (Lipinski definition) is 3. The number of amides is 1. The summed E-state index contributed by atoms with van der Waals surface area (Å²) in [6.07, 6.45) is 1.61. The molecule has 4 heteroatoms. The van der Waals surface area contributed by atoms with Gasteiger partial charge in [-0.3, -0.25) is 4.79 Å². The van der Waals surface area contributed by atoms with Crippen LogP contribution in [0.2, 0.25) is 0 Å². The molecule has 1 aromatic rings. The maximum atomic E-state index is 12.4. The molecule has 2 aliphatic heterocycles. The van der Waals surface area contributed by atoms with Crippen molar-refractivity contribution in [3.63, 3.8) is 0 Å². The van der Waals surface area contributed by atoms with Crippen molar-refractivity contribution in [2.45, 2.75) is 12.8 Å². The van der Waals surface area contributed by atoms with E-state index in [0.717, 1.165) is 49.8 Å². The summed E-state index contributed by atoms with van der Waals surface area (Å²) in [7, 11) is 1.65. The molecule has 0 radical (unpaired) electrons. The van der Waals surface area contributed by atoms with Gasteiger partial charge in [0.25, 0.3) is 0 Å². The second-order valence-corrected chi connectivity index (χ2v) is 5.84. The number of nitrogens with one attached hydrogen (secondary N) is 1. The maximum Gasteiger partial charge on any atom is 0.227 e. The van der Waals surface area contributed by atoms with Crippen molar-refractivity contribution in [1.82, 2.24) is 10.2 Å². The summed E-state index contributed by atoms with van der Waals surface area (Å²) in [5, 5.41) is 3.43. The van der Waals surface area contributed by atoms with Crippen LogP contribution in [0.3, 0.4) is 0 Å². The average Bonchev–Trinajstić information content (AvgIpc) is 2.94. The third-order valence-corrected chi connectivity index (χ3v) is 4.55. The van der Waals surface area contributed by atoms with Gasteiger partial charge in [-0.15, -0.1) is 0 Å². The summed E-state index contributed by atoms with van der Waals surface area (Å²) >= 11 is 0. The van der Waals surface area contributed by atoms with Crippen LogP contribution < -0.4 is 10.1 Å². The van der Waals surface area contributed by atoms with Gasteiger partial charge in [-0.2, -0.15) is 0 Å². The van der Waals surface area contributed by atoms with Crippen LogP contribution in [-0.2, 0) is 11.2 Å². The van der Waals surface area contributed by atoms with Crippen LogP contribution >= 0.6 is 0 Å². The standard InChI is InChI=1S/C16H22N2O2/c1-20-15-4-2-3-12(7-15)8-16(19)18-6-5-13-9-17-10-14(13)11-18/h2-4,7,13-14,17H,5-6,8-11H2,1H3. The minimum atomic E-state index is 0.239. The molecule has 2 fully saturated rings. The fourth-order valence-corrected chi connectivity index (χ4v) is 3.33. The van der Waals surface area contributed by atoms with Crippen molar-refractivity contribution >= 4 is 5.91 Å². The zero-order valence-corrected chi connectivity index (χ0v) is 12.0. The number of ether oxygens (including phenoxy) is 1. The molecule has 2 atom stereocenters. The Balaban J connectivity index is 1.61. The maximum absolute atomic E-state index is 12.4. The van der Waals surface area contributed by atoms with E-state index in [9.17, 15) is 4.79 Å². The normalized spacial score (nSPS) is 25.4. The second-order valence-electron chi connectivity index (χ2n) is 5.84. The number of carbonyl (C=O) groups excluding carboxylic acids is 1. The lowest BCUT2D eigenvalue weighted by Gasteiger charge is -2.34. The Labute approximate surface area is 120 Å². The zero-order valence-electron chi connectivity index (χ0n) is 12.0. The molecule has 108 valence electrons. The summed E-state index contributed by atoms with van der Waals surface area (Å²) in [5.41, 5.74) is 1.03. The van der Waals surface area contributed by atoms with E-state index in [1.165, 1.54) is 0 Å². The predicted molar refractivity (Wildman–Crippen MR) is 77.7 cm³/mol. The second kappa shape index (κ2) is 5.83. The first-order valence-corrected chi connectivity index (χ1v) is 7.37. The number of rotatable bonds is 3. The molecule has 0 saturated carbocycles. The van der Waals surface area contributed by atoms with E-state index in [0.29, 0.717) is 12.3 Å². The van der Waals surface area contributed by atoms with Gasteiger partial charge >= 0.3 is 0 Å². The fraction of sp³-hybridized carbons (Fsp3) is 0.562. The summed E-state index contributed by atoms with van der Waals surface area (Å²) in [4.78, 5) is 14.5. The van der Waals surface area contributed by atoms with Crippen LogP contribution in [0.15, 0.2) is 24.3 Å². The molecule has 1 N–H and O–H groups in total. The number of methoxy groups -OCH3 is 1. The lowest BCUT2D eigenvalue weighted by molar-refractivity contribution is -0.132. The predicted octanol–water partition coefficient (Wildman–Crippen LogP) is 1.31. The molecule has 20 heavy (non-hydrogen) atoms. The monoisotopic (exact) mass is 274 g/mol. The van der Waals surface area contributed by atoms with Crippen LogP contribution in [0.25, 0.3) is 0 Å². The number of carbonyl (C=O) groups is 1. The SMILES string of the molecule is COc1cccc(CC(=O)N2CCC3CNCC3C2)c1. The van der Waals surface area contributed by atoms with Gasteiger partial charge in [0.05, 0.1) is 13.5 Å². The molecular weight excluding hydrogens is 252 g/mol. The molecule has 2 unspecified atom stereocenters. The third kappa shape index (κ3) is 2.80. The first-order valence-electron chi connectivity index (χ1n) is 7.37. The van der Waals surface area contributed by atoms with E-state index in [4.69, 9.17) is 4.74 Å². The summed E-state index contributed by atoms with van der Waals surface area (Å²) in [6.45, 7) is 4.02. The molecule has 1 aromatic carbocycles. The van der Waals surface area contributed by atoms with Crippen LogP contribution in [0.1, 0.15) is 12.0 Å². The average molecular weight is 274 g/mol. The lowest BCUT2D eigenvalue weighted by atomic mass is 9.88. The van der Waals surface area contributed by atoms with Crippen molar-refractivity contribution in [3.05, 3.63) is 29.8 Å². The topological polar surface area (TPSA) is 41.6 Å². The first kappa shape index (κ1) is 13.4. The van der Waals surface area contributed by atoms with E-state index >= 15 is 0 Å². The Hall–Kier alpha value is -1.55. The quantitative estimate of drug-likeness (QED) is 0.903. The van der Waals surface area contributed by atoms with E-state index in [2.05, 4.69) is 5.32 Å². The van der Waals surface area contributed by atoms with Gasteiger partial charge in [-0.1, -0.05) is 12.1 Å². The highest BCUT2D eigenvalue weighted by Crippen LogP contribution is 2.27. The molecule has 4 nitrogen and oxygen atoms in total. The molecule has 3 rings (SSSR count). The van der Waals surface area contributed by atoms with Crippen LogP contribution in [0, 0.1) is 11.8 Å². The van der Waals surface area contributed by atoms with Crippen molar-refractivity contribution < 1.29 is 9.53 Å². The molecule has 2 saturated heterocycles. The number of piperidine rings is 1. The molecule has 2 heterocycles. The summed E-state index contributed by atoms with van der Waals surface area (Å²) in [5.74, 6) is 2.48. The number of likely N-dealkylation sites (tertiary alicyclic amines) is 1. The van der Waals surface area contributed by atoms with Gasteiger partial charge in [-0.05, 0) is 49.0 Å². The van der Waals surface area contributed by atoms with E-state index in [-0.39, 0.29) is 5.91 Å². The Morgan fingerprint density at radius 1 is 1.40 bits per heavy atom. The van der Waals surface area contributed by atoms with Gasteiger partial charge in [0, 0.05) is 13.1 Å². The highest BCUT2D eigenvalue weighted by Gasteiger charge is 2.34. The molecule has 1 amide bonds. The van der Waals surface area contributed by atoms with Crippen molar-refractivity contribution in [2.75, 3.05) is 33.3 Å². The van der Waals surface area contributed by atoms with E-state index in [1.54, 1.807) is 7.11 Å². The van der Waals surface area contributed by atoms with Gasteiger partial charge in [-0.25, -0.2) is 0 Å². The smallest absolute Gasteiger partial charge is 0.227 e. The fourth-order valence-electron chi connectivity index (χ4n) is 3.33. The van der Waals surface area contributed by atoms with E-state index in [1.807, 2.05) is 29.2 Å². The van der Waals surface area contributed by atoms with Gasteiger partial charge in [0.1, 0.15) is 5.75 Å². The molecule has 2 aliphatic rings. The van der Waals surface area contributed by atoms with Crippen molar-refractivity contribution in [3.8, 4) is 5.75 Å². The highest BCUT2D eigenvalue weighted by molar-refractivity contribution is 5.79. The number of fused-ring (bicyclic) bond motifs is 1. The van der Waals surface area contributed by atoms with Crippen LogP contribution in [0.5, 0.6) is 5.75 Å². The van der Waals surface area contributed by atoms with Crippen LogP contribution in [-0.4, -0.2) is 44.1 Å². The number of hydrogen-bond donors (Lipinski definition) is 1. The number of nitrogens with zero attached hydrogens (tertiary/aromatic N) is 1. The Kier molecular flexibility index (Phi) is 3.92. The Bertz CT molecular complexity index is 489. The molecular formula is C16H22N2O2. The molecule has 0 bridgehead atoms. The summed E-state index contributed by atoms with van der Waals surface area (Å²) in [6, 6.07) is 7.78. The molecule has 0 spiro atoms. The van der Waals surface area contributed by atoms with Gasteiger partial charge in [0.2, 0.25) is 5.91 Å². The van der Waals surface area contributed by atoms with Gasteiger partial charge in [0.15, 0.2) is 0 Å². The Morgan fingerprint density at radius 2 is 2.25 bits per heavy atom. The lowest BCUT2D eigenvalue weighted by Crippen LogP contribution is -2.44. The highest BCUT2D eigenvalue weighted by atomic mass is 16.5. The minimum absolute atomic E-state index is 0.239. The largest absolute Gasteiger partial charge is 0.497 e. The van der Waals surface area contributed by atoms with Crippen molar-refractivity contribution in [1.29, 1.82) is 0 Å². The Morgan fingerprint density at radius 3 is 3.10 bits per heavy atom. The molecule has 0 aromatic heterocycles. The van der Waals surface area contributed by atoms with E-state index < -0.39 is 0 Å². The summed E-state index contributed by atoms with van der Waals surface area (Å²) < 4.78 is 5.21. The minimum Gasteiger partial charge on any atom is -0.497 e. The number of benzene rings is 1. The van der Waals surface area contributed by atoms with Crippen molar-refractivity contribution in [2.24, 2.45) is 11.8 Å².